The molecule has 1 aliphatic heterocycles. The summed E-state index contributed by atoms with van der Waals surface area (Å²) < 4.78 is 16.7. The molecule has 0 saturated carbocycles. The molecule has 1 amide bonds. The van der Waals surface area contributed by atoms with Crippen LogP contribution < -0.4 is 5.32 Å². The zero-order valence-corrected chi connectivity index (χ0v) is 45.5. The molecule has 11 heteroatoms. The third kappa shape index (κ3) is 38.9. The number of ether oxygens (including phenoxy) is 3. The first-order valence-corrected chi connectivity index (χ1v) is 30.0. The van der Waals surface area contributed by atoms with Gasteiger partial charge in [0.15, 0.2) is 6.29 Å². The number of unbranched alkanes of at least 4 members (excludes halogenated alkanes) is 38. The van der Waals surface area contributed by atoms with Crippen molar-refractivity contribution >= 4 is 11.9 Å². The van der Waals surface area contributed by atoms with E-state index in [9.17, 15) is 35.1 Å². The molecule has 1 aliphatic rings. The van der Waals surface area contributed by atoms with Crippen molar-refractivity contribution < 1.29 is 49.3 Å². The van der Waals surface area contributed by atoms with Crippen LogP contribution in [0.1, 0.15) is 290 Å². The summed E-state index contributed by atoms with van der Waals surface area (Å²) in [6.45, 7) is 4.34. The van der Waals surface area contributed by atoms with Gasteiger partial charge in [0.25, 0.3) is 0 Å². The summed E-state index contributed by atoms with van der Waals surface area (Å²) in [4.78, 5) is 25.1. The van der Waals surface area contributed by atoms with Crippen molar-refractivity contribution in [3.63, 3.8) is 0 Å². The molecular formula is C59H113NO10. The number of amides is 1. The number of carbonyl (C=O) groups is 2. The highest BCUT2D eigenvalue weighted by Gasteiger charge is 2.44. The fraction of sp³-hybridized carbons (Fsp3) is 0.932. The van der Waals surface area contributed by atoms with Gasteiger partial charge in [-0.2, -0.15) is 0 Å². The number of hydrogen-bond donors (Lipinski definition) is 6. The molecule has 7 atom stereocenters. The lowest BCUT2D eigenvalue weighted by Gasteiger charge is -2.40. The Hall–Kier alpha value is -1.60. The topological polar surface area (TPSA) is 175 Å². The molecule has 0 aromatic rings. The Kier molecular flexibility index (Phi) is 47.1. The summed E-state index contributed by atoms with van der Waals surface area (Å²) >= 11 is 0. The van der Waals surface area contributed by atoms with Crippen LogP contribution in [0.4, 0.5) is 0 Å². The van der Waals surface area contributed by atoms with Crippen molar-refractivity contribution in [1.29, 1.82) is 0 Å². The summed E-state index contributed by atoms with van der Waals surface area (Å²) in [5, 5.41) is 54.4. The molecule has 0 spiro atoms. The van der Waals surface area contributed by atoms with Crippen LogP contribution >= 0.6 is 0 Å². The normalized spacial score (nSPS) is 19.2. The molecule has 1 heterocycles. The Bertz CT molecular complexity index is 1170. The second-order valence-electron chi connectivity index (χ2n) is 21.1. The van der Waals surface area contributed by atoms with Crippen molar-refractivity contribution in [3.8, 4) is 0 Å². The van der Waals surface area contributed by atoms with Crippen molar-refractivity contribution in [2.75, 3.05) is 19.8 Å². The van der Waals surface area contributed by atoms with E-state index in [0.717, 1.165) is 64.2 Å². The van der Waals surface area contributed by atoms with Gasteiger partial charge in [-0.05, 0) is 32.1 Å². The van der Waals surface area contributed by atoms with Gasteiger partial charge in [-0.1, -0.05) is 257 Å². The lowest BCUT2D eigenvalue weighted by molar-refractivity contribution is -0.302. The monoisotopic (exact) mass is 996 g/mol. The summed E-state index contributed by atoms with van der Waals surface area (Å²) in [5.41, 5.74) is 0. The summed E-state index contributed by atoms with van der Waals surface area (Å²) in [6.07, 6.45) is 47.1. The fourth-order valence-electron chi connectivity index (χ4n) is 9.61. The average Bonchev–Trinajstić information content (AvgIpc) is 3.36. The van der Waals surface area contributed by atoms with Crippen molar-refractivity contribution in [3.05, 3.63) is 12.2 Å². The van der Waals surface area contributed by atoms with Crippen molar-refractivity contribution in [1.82, 2.24) is 5.32 Å². The van der Waals surface area contributed by atoms with E-state index in [0.29, 0.717) is 19.4 Å². The standard InChI is InChI=1S/C59H113NO10/c1-3-5-7-9-11-13-15-16-19-22-26-29-33-37-41-45-52(62)51(50-69-59-58(67)57(66)56(65)53(49-61)70-59)60-54(63)46-42-38-34-30-27-23-20-17-18-21-24-28-32-36-40-44-48-68-55(64)47-43-39-35-31-25-14-12-10-8-6-4-2/h41,45,51-53,56-59,61-62,65-67H,3-40,42-44,46-50H2,1-2H3,(H,60,63)/b45-41+. The molecule has 0 aromatic heterocycles. The van der Waals surface area contributed by atoms with Crippen LogP contribution in [-0.2, 0) is 23.8 Å². The van der Waals surface area contributed by atoms with E-state index in [-0.39, 0.29) is 18.5 Å². The van der Waals surface area contributed by atoms with Crippen LogP contribution in [0.3, 0.4) is 0 Å². The number of nitrogens with one attached hydrogen (secondary N) is 1. The highest BCUT2D eigenvalue weighted by Crippen LogP contribution is 2.23. The molecule has 70 heavy (non-hydrogen) atoms. The van der Waals surface area contributed by atoms with E-state index in [2.05, 4.69) is 19.2 Å². The summed E-state index contributed by atoms with van der Waals surface area (Å²) in [7, 11) is 0. The number of esters is 1. The number of hydrogen-bond acceptors (Lipinski definition) is 10. The zero-order valence-electron chi connectivity index (χ0n) is 45.5. The maximum atomic E-state index is 13.0. The molecule has 1 rings (SSSR count). The van der Waals surface area contributed by atoms with E-state index >= 15 is 0 Å². The highest BCUT2D eigenvalue weighted by molar-refractivity contribution is 5.76. The Morgan fingerprint density at radius 3 is 1.33 bits per heavy atom. The Balaban J connectivity index is 2.13. The molecule has 11 nitrogen and oxygen atoms in total. The molecule has 1 saturated heterocycles. The Morgan fingerprint density at radius 1 is 0.514 bits per heavy atom. The number of aliphatic hydroxyl groups is 5. The van der Waals surface area contributed by atoms with E-state index < -0.39 is 49.5 Å². The lowest BCUT2D eigenvalue weighted by atomic mass is 9.99. The van der Waals surface area contributed by atoms with Crippen LogP contribution in [-0.4, -0.2) is 100 Å². The molecule has 0 radical (unpaired) electrons. The first-order chi connectivity index (χ1) is 34.2. The number of rotatable bonds is 52. The van der Waals surface area contributed by atoms with Gasteiger partial charge < -0.3 is 45.1 Å². The number of allylic oxidation sites excluding steroid dienone is 1. The fourth-order valence-corrected chi connectivity index (χ4v) is 9.61. The minimum Gasteiger partial charge on any atom is -0.466 e. The summed E-state index contributed by atoms with van der Waals surface area (Å²) in [5.74, 6) is -0.201. The van der Waals surface area contributed by atoms with Crippen LogP contribution in [0.5, 0.6) is 0 Å². The Labute approximate surface area is 429 Å². The van der Waals surface area contributed by atoms with Gasteiger partial charge in [0, 0.05) is 12.8 Å². The molecule has 0 aliphatic carbocycles. The molecule has 0 aromatic carbocycles. The van der Waals surface area contributed by atoms with E-state index in [4.69, 9.17) is 14.2 Å². The maximum absolute atomic E-state index is 13.0. The van der Waals surface area contributed by atoms with Crippen LogP contribution in [0.15, 0.2) is 12.2 Å². The maximum Gasteiger partial charge on any atom is 0.305 e. The predicted molar refractivity (Wildman–Crippen MR) is 288 cm³/mol. The third-order valence-corrected chi connectivity index (χ3v) is 14.4. The molecule has 414 valence electrons. The van der Waals surface area contributed by atoms with Gasteiger partial charge in [-0.25, -0.2) is 0 Å². The smallest absolute Gasteiger partial charge is 0.305 e. The predicted octanol–water partition coefficient (Wildman–Crippen LogP) is 13.6. The first-order valence-electron chi connectivity index (χ1n) is 30.0. The van der Waals surface area contributed by atoms with Gasteiger partial charge in [-0.3, -0.25) is 9.59 Å². The molecule has 6 N–H and O–H groups in total. The summed E-state index contributed by atoms with van der Waals surface area (Å²) in [6, 6.07) is -0.814. The number of aliphatic hydroxyl groups excluding tert-OH is 5. The van der Waals surface area contributed by atoms with E-state index in [1.54, 1.807) is 6.08 Å². The second-order valence-corrected chi connectivity index (χ2v) is 21.1. The van der Waals surface area contributed by atoms with Gasteiger partial charge in [0.05, 0.1) is 32.0 Å². The van der Waals surface area contributed by atoms with Crippen molar-refractivity contribution in [2.24, 2.45) is 0 Å². The van der Waals surface area contributed by atoms with Crippen LogP contribution in [0.2, 0.25) is 0 Å². The van der Waals surface area contributed by atoms with Crippen molar-refractivity contribution in [2.45, 2.75) is 333 Å². The highest BCUT2D eigenvalue weighted by atomic mass is 16.7. The minimum absolute atomic E-state index is 0.0144. The first kappa shape index (κ1) is 66.4. The van der Waals surface area contributed by atoms with Gasteiger partial charge >= 0.3 is 5.97 Å². The largest absolute Gasteiger partial charge is 0.466 e. The van der Waals surface area contributed by atoms with E-state index in [1.165, 1.54) is 199 Å². The SMILES string of the molecule is CCCCCCCCCCCCCCC/C=C/C(O)C(COC1OC(CO)C(O)C(O)C1O)NC(=O)CCCCCCCCCCCCCCCCCCOC(=O)CCCCCCCCCCCCC. The second kappa shape index (κ2) is 49.6. The molecule has 0 bridgehead atoms. The Morgan fingerprint density at radius 2 is 0.900 bits per heavy atom. The third-order valence-electron chi connectivity index (χ3n) is 14.4. The van der Waals surface area contributed by atoms with Crippen LogP contribution in [0.25, 0.3) is 0 Å². The molecular weight excluding hydrogens is 883 g/mol. The average molecular weight is 997 g/mol. The molecule has 1 fully saturated rings. The van der Waals surface area contributed by atoms with Gasteiger partial charge in [-0.15, -0.1) is 0 Å². The minimum atomic E-state index is -1.57. The quantitative estimate of drug-likeness (QED) is 0.0195. The molecule has 7 unspecified atom stereocenters. The lowest BCUT2D eigenvalue weighted by Crippen LogP contribution is -2.60. The van der Waals surface area contributed by atoms with E-state index in [1.807, 2.05) is 6.08 Å². The van der Waals surface area contributed by atoms with Gasteiger partial charge in [0.2, 0.25) is 5.91 Å². The van der Waals surface area contributed by atoms with Crippen LogP contribution in [0, 0.1) is 0 Å². The number of carbonyl (C=O) groups excluding carboxylic acids is 2. The van der Waals surface area contributed by atoms with Gasteiger partial charge in [0.1, 0.15) is 24.4 Å². The zero-order chi connectivity index (χ0) is 51.0.